The summed E-state index contributed by atoms with van der Waals surface area (Å²) in [5, 5.41) is 19.8. The monoisotopic (exact) mass is 246 g/mol. The van der Waals surface area contributed by atoms with Crippen molar-refractivity contribution in [3.05, 3.63) is 41.2 Å². The fourth-order valence-electron chi connectivity index (χ4n) is 1.72. The molecular formula is C12H14N4O2. The summed E-state index contributed by atoms with van der Waals surface area (Å²) in [7, 11) is 1.81. The minimum Gasteiger partial charge on any atom is -0.478 e. The Labute approximate surface area is 104 Å². The van der Waals surface area contributed by atoms with Gasteiger partial charge in [0.1, 0.15) is 0 Å². The first-order chi connectivity index (χ1) is 8.59. The van der Waals surface area contributed by atoms with E-state index < -0.39 is 5.97 Å². The summed E-state index contributed by atoms with van der Waals surface area (Å²) in [5.74, 6) is -0.918. The molecule has 2 aromatic rings. The largest absolute Gasteiger partial charge is 0.478 e. The molecule has 0 bridgehead atoms. The lowest BCUT2D eigenvalue weighted by Crippen LogP contribution is -2.08. The van der Waals surface area contributed by atoms with Gasteiger partial charge in [0, 0.05) is 12.7 Å². The third-order valence-corrected chi connectivity index (χ3v) is 2.83. The molecule has 0 aliphatic carbocycles. The van der Waals surface area contributed by atoms with Crippen LogP contribution in [0.4, 0.5) is 5.69 Å². The highest BCUT2D eigenvalue weighted by atomic mass is 16.4. The summed E-state index contributed by atoms with van der Waals surface area (Å²) in [6.07, 6.45) is 1.67. The van der Waals surface area contributed by atoms with Gasteiger partial charge in [0.25, 0.3) is 0 Å². The molecule has 2 N–H and O–H groups in total. The number of carbonyl (C=O) groups is 1. The molecule has 2 rings (SSSR count). The van der Waals surface area contributed by atoms with Crippen molar-refractivity contribution >= 4 is 11.7 Å². The summed E-state index contributed by atoms with van der Waals surface area (Å²) >= 11 is 0. The molecule has 6 heteroatoms. The Morgan fingerprint density at radius 3 is 2.89 bits per heavy atom. The number of aromatic carboxylic acids is 1. The van der Waals surface area contributed by atoms with Gasteiger partial charge in [0.15, 0.2) is 0 Å². The molecule has 18 heavy (non-hydrogen) atoms. The molecule has 0 fully saturated rings. The normalized spacial score (nSPS) is 10.3. The fraction of sp³-hybridized carbons (Fsp3) is 0.250. The molecule has 94 valence electrons. The number of aryl methyl sites for hydroxylation is 1. The van der Waals surface area contributed by atoms with E-state index in [-0.39, 0.29) is 0 Å². The highest BCUT2D eigenvalue weighted by molar-refractivity contribution is 5.91. The Morgan fingerprint density at radius 2 is 2.28 bits per heavy atom. The summed E-state index contributed by atoms with van der Waals surface area (Å²) in [4.78, 5) is 11.0. The average Bonchev–Trinajstić information content (AvgIpc) is 2.73. The van der Waals surface area contributed by atoms with E-state index in [0.29, 0.717) is 12.1 Å². The van der Waals surface area contributed by atoms with Gasteiger partial charge in [-0.15, -0.1) is 5.10 Å². The van der Waals surface area contributed by atoms with Crippen molar-refractivity contribution < 1.29 is 9.90 Å². The van der Waals surface area contributed by atoms with Crippen molar-refractivity contribution in [2.45, 2.75) is 13.5 Å². The first-order valence-electron chi connectivity index (χ1n) is 5.50. The lowest BCUT2D eigenvalue weighted by molar-refractivity contribution is 0.0696. The SMILES string of the molecule is Cc1c(NCc2cnnn2C)cccc1C(=O)O. The molecule has 1 heterocycles. The Balaban J connectivity index is 2.17. The number of rotatable bonds is 4. The van der Waals surface area contributed by atoms with Crippen LogP contribution in [0.5, 0.6) is 0 Å². The van der Waals surface area contributed by atoms with Crippen molar-refractivity contribution in [3.63, 3.8) is 0 Å². The second kappa shape index (κ2) is 4.87. The number of carboxylic acid groups (broad SMARTS) is 1. The van der Waals surface area contributed by atoms with Crippen LogP contribution < -0.4 is 5.32 Å². The summed E-state index contributed by atoms with van der Waals surface area (Å²) in [5.41, 5.74) is 2.76. The molecule has 0 aliphatic heterocycles. The standard InChI is InChI=1S/C12H14N4O2/c1-8-10(12(17)18)4-3-5-11(8)13-6-9-7-14-15-16(9)2/h3-5,7,13H,6H2,1-2H3,(H,17,18). The molecule has 0 unspecified atom stereocenters. The Bertz CT molecular complexity index is 577. The van der Waals surface area contributed by atoms with Crippen molar-refractivity contribution in [2.24, 2.45) is 7.05 Å². The van der Waals surface area contributed by atoms with Gasteiger partial charge in [-0.3, -0.25) is 4.68 Å². The third kappa shape index (κ3) is 2.32. The highest BCUT2D eigenvalue weighted by Crippen LogP contribution is 2.19. The van der Waals surface area contributed by atoms with E-state index >= 15 is 0 Å². The molecule has 6 nitrogen and oxygen atoms in total. The average molecular weight is 246 g/mol. The quantitative estimate of drug-likeness (QED) is 0.853. The predicted octanol–water partition coefficient (Wildman–Crippen LogP) is 1.43. The van der Waals surface area contributed by atoms with Crippen LogP contribution in [0.15, 0.2) is 24.4 Å². The zero-order valence-electron chi connectivity index (χ0n) is 10.2. The van der Waals surface area contributed by atoms with Gasteiger partial charge in [-0.05, 0) is 24.6 Å². The maximum absolute atomic E-state index is 11.0. The lowest BCUT2D eigenvalue weighted by Gasteiger charge is -2.11. The van der Waals surface area contributed by atoms with Crippen LogP contribution >= 0.6 is 0 Å². The van der Waals surface area contributed by atoms with Crippen LogP contribution in [0.2, 0.25) is 0 Å². The van der Waals surface area contributed by atoms with Gasteiger partial charge in [0.2, 0.25) is 0 Å². The number of anilines is 1. The minimum absolute atomic E-state index is 0.308. The van der Waals surface area contributed by atoms with Crippen molar-refractivity contribution in [1.29, 1.82) is 0 Å². The van der Waals surface area contributed by atoms with E-state index in [1.54, 1.807) is 29.9 Å². The van der Waals surface area contributed by atoms with E-state index in [0.717, 1.165) is 16.9 Å². The van der Waals surface area contributed by atoms with E-state index in [2.05, 4.69) is 15.6 Å². The van der Waals surface area contributed by atoms with Crippen molar-refractivity contribution in [3.8, 4) is 0 Å². The molecule has 1 aromatic heterocycles. The number of nitrogens with zero attached hydrogens (tertiary/aromatic N) is 3. The smallest absolute Gasteiger partial charge is 0.336 e. The number of nitrogens with one attached hydrogen (secondary N) is 1. The first-order valence-corrected chi connectivity index (χ1v) is 5.50. The van der Waals surface area contributed by atoms with Gasteiger partial charge >= 0.3 is 5.97 Å². The Morgan fingerprint density at radius 1 is 1.50 bits per heavy atom. The van der Waals surface area contributed by atoms with E-state index in [4.69, 9.17) is 5.11 Å². The van der Waals surface area contributed by atoms with Gasteiger partial charge in [-0.1, -0.05) is 11.3 Å². The minimum atomic E-state index is -0.918. The second-order valence-corrected chi connectivity index (χ2v) is 3.99. The van der Waals surface area contributed by atoms with Gasteiger partial charge in [0.05, 0.1) is 24.0 Å². The molecule has 0 atom stereocenters. The molecule has 0 saturated heterocycles. The van der Waals surface area contributed by atoms with Crippen LogP contribution in [0, 0.1) is 6.92 Å². The summed E-state index contributed by atoms with van der Waals surface area (Å²) < 4.78 is 1.67. The van der Waals surface area contributed by atoms with E-state index in [1.165, 1.54) is 0 Å². The first kappa shape index (κ1) is 12.1. The zero-order chi connectivity index (χ0) is 13.1. The fourth-order valence-corrected chi connectivity index (χ4v) is 1.72. The van der Waals surface area contributed by atoms with E-state index in [9.17, 15) is 4.79 Å². The zero-order valence-corrected chi connectivity index (χ0v) is 10.2. The second-order valence-electron chi connectivity index (χ2n) is 3.99. The number of benzene rings is 1. The van der Waals surface area contributed by atoms with Crippen LogP contribution in [0.25, 0.3) is 0 Å². The van der Waals surface area contributed by atoms with Gasteiger partial charge in [-0.2, -0.15) is 0 Å². The highest BCUT2D eigenvalue weighted by Gasteiger charge is 2.10. The Hall–Kier alpha value is -2.37. The molecule has 0 aliphatic rings. The van der Waals surface area contributed by atoms with Crippen LogP contribution in [-0.2, 0) is 13.6 Å². The van der Waals surface area contributed by atoms with Crippen molar-refractivity contribution in [1.82, 2.24) is 15.0 Å². The number of hydrogen-bond acceptors (Lipinski definition) is 4. The van der Waals surface area contributed by atoms with Crippen LogP contribution in [-0.4, -0.2) is 26.1 Å². The van der Waals surface area contributed by atoms with Crippen LogP contribution in [0.3, 0.4) is 0 Å². The van der Waals surface area contributed by atoms with Gasteiger partial charge < -0.3 is 10.4 Å². The van der Waals surface area contributed by atoms with Crippen molar-refractivity contribution in [2.75, 3.05) is 5.32 Å². The summed E-state index contributed by atoms with van der Waals surface area (Å²) in [6.45, 7) is 2.33. The van der Waals surface area contributed by atoms with Gasteiger partial charge in [-0.25, -0.2) is 4.79 Å². The number of hydrogen-bond donors (Lipinski definition) is 2. The molecular weight excluding hydrogens is 232 g/mol. The predicted molar refractivity (Wildman–Crippen MR) is 66.5 cm³/mol. The molecule has 0 radical (unpaired) electrons. The molecule has 0 spiro atoms. The number of carboxylic acids is 1. The Kier molecular flexibility index (Phi) is 3.27. The molecule has 1 aromatic carbocycles. The third-order valence-electron chi connectivity index (χ3n) is 2.83. The lowest BCUT2D eigenvalue weighted by atomic mass is 10.1. The summed E-state index contributed by atoms with van der Waals surface area (Å²) in [6, 6.07) is 5.17. The van der Waals surface area contributed by atoms with Crippen LogP contribution in [0.1, 0.15) is 21.6 Å². The molecule has 0 amide bonds. The maximum atomic E-state index is 11.0. The number of aromatic nitrogens is 3. The maximum Gasteiger partial charge on any atom is 0.336 e. The van der Waals surface area contributed by atoms with E-state index in [1.807, 2.05) is 13.1 Å². The topological polar surface area (TPSA) is 80.0 Å². The molecule has 0 saturated carbocycles.